The molecule has 1 aliphatic heterocycles. The number of piperazine rings is 1. The van der Waals surface area contributed by atoms with Gasteiger partial charge in [-0.15, -0.1) is 15.3 Å². The number of rotatable bonds is 9. The van der Waals surface area contributed by atoms with E-state index in [9.17, 15) is 4.79 Å². The van der Waals surface area contributed by atoms with Gasteiger partial charge in [-0.2, -0.15) is 4.52 Å². The van der Waals surface area contributed by atoms with Crippen molar-refractivity contribution in [1.82, 2.24) is 25.1 Å². The molecule has 37 heavy (non-hydrogen) atoms. The summed E-state index contributed by atoms with van der Waals surface area (Å²) in [6, 6.07) is 22.3. The lowest BCUT2D eigenvalue weighted by molar-refractivity contribution is -0.121. The second kappa shape index (κ2) is 11.3. The Hall–Kier alpha value is -4.14. The molecular formula is C28H33N7O2. The summed E-state index contributed by atoms with van der Waals surface area (Å²) in [6.45, 7) is 6.22. The van der Waals surface area contributed by atoms with Crippen LogP contribution in [0.1, 0.15) is 30.7 Å². The number of carbonyl (C=O) groups is 1. The number of methoxy groups -OCH3 is 1. The van der Waals surface area contributed by atoms with Crippen molar-refractivity contribution in [3.05, 3.63) is 78.1 Å². The van der Waals surface area contributed by atoms with Crippen LogP contribution in [0.25, 0.3) is 5.65 Å². The van der Waals surface area contributed by atoms with E-state index < -0.39 is 0 Å². The predicted octanol–water partition coefficient (Wildman–Crippen LogP) is 3.31. The Morgan fingerprint density at radius 2 is 1.76 bits per heavy atom. The summed E-state index contributed by atoms with van der Waals surface area (Å²) < 4.78 is 7.14. The second-order valence-electron chi connectivity index (χ2n) is 9.37. The van der Waals surface area contributed by atoms with E-state index in [0.29, 0.717) is 30.9 Å². The van der Waals surface area contributed by atoms with Crippen LogP contribution in [0.2, 0.25) is 0 Å². The second-order valence-corrected chi connectivity index (χ2v) is 9.37. The third-order valence-corrected chi connectivity index (χ3v) is 6.89. The molecule has 1 saturated heterocycles. The number of aryl methyl sites for hydroxylation is 1. The zero-order chi connectivity index (χ0) is 25.6. The van der Waals surface area contributed by atoms with Crippen LogP contribution in [0.15, 0.2) is 66.7 Å². The number of amides is 1. The number of aromatic nitrogens is 4. The standard InChI is InChI=1S/C28H33N7O2/c1-21(22-7-4-3-5-8-22)20-29-28(36)14-13-26-31-30-25-11-12-27(32-35(25)26)34-17-15-33(16-18-34)23-9-6-10-24(19-23)37-2/h3-12,19,21H,13-18,20H2,1-2H3,(H,29,36). The van der Waals surface area contributed by atoms with Gasteiger partial charge >= 0.3 is 0 Å². The van der Waals surface area contributed by atoms with E-state index in [1.165, 1.54) is 11.3 Å². The third-order valence-electron chi connectivity index (χ3n) is 6.89. The number of hydrogen-bond acceptors (Lipinski definition) is 7. The molecule has 1 amide bonds. The SMILES string of the molecule is COc1cccc(N2CCN(c3ccc4nnc(CCC(=O)NCC(C)c5ccccc5)n4n3)CC2)c1. The Morgan fingerprint density at radius 3 is 2.54 bits per heavy atom. The number of anilines is 2. The number of ether oxygens (including phenoxy) is 1. The van der Waals surface area contributed by atoms with Crippen molar-refractivity contribution in [3.63, 3.8) is 0 Å². The summed E-state index contributed by atoms with van der Waals surface area (Å²) in [4.78, 5) is 17.1. The molecular weight excluding hydrogens is 466 g/mol. The lowest BCUT2D eigenvalue weighted by Gasteiger charge is -2.36. The zero-order valence-corrected chi connectivity index (χ0v) is 21.4. The first-order chi connectivity index (χ1) is 18.1. The van der Waals surface area contributed by atoms with Crippen molar-refractivity contribution < 1.29 is 9.53 Å². The maximum absolute atomic E-state index is 12.5. The van der Waals surface area contributed by atoms with Crippen LogP contribution in [0.3, 0.4) is 0 Å². The molecule has 0 aliphatic carbocycles. The van der Waals surface area contributed by atoms with Gasteiger partial charge in [0.1, 0.15) is 11.6 Å². The number of hydrogen-bond donors (Lipinski definition) is 1. The number of nitrogens with zero attached hydrogens (tertiary/aromatic N) is 6. The van der Waals surface area contributed by atoms with Crippen LogP contribution in [-0.4, -0.2) is 65.6 Å². The van der Waals surface area contributed by atoms with Crippen LogP contribution >= 0.6 is 0 Å². The average molecular weight is 500 g/mol. The lowest BCUT2D eigenvalue weighted by Crippen LogP contribution is -2.47. The molecule has 2 aromatic heterocycles. The van der Waals surface area contributed by atoms with E-state index in [-0.39, 0.29) is 11.8 Å². The van der Waals surface area contributed by atoms with Crippen LogP contribution in [0, 0.1) is 0 Å². The first kappa shape index (κ1) is 24.5. The van der Waals surface area contributed by atoms with Gasteiger partial charge in [0.15, 0.2) is 11.5 Å². The lowest BCUT2D eigenvalue weighted by atomic mass is 10.0. The highest BCUT2D eigenvalue weighted by molar-refractivity contribution is 5.76. The van der Waals surface area contributed by atoms with Gasteiger partial charge < -0.3 is 19.9 Å². The number of nitrogens with one attached hydrogen (secondary N) is 1. The van der Waals surface area contributed by atoms with Crippen molar-refractivity contribution in [3.8, 4) is 5.75 Å². The van der Waals surface area contributed by atoms with Crippen LogP contribution in [0.5, 0.6) is 5.75 Å². The Morgan fingerprint density at radius 1 is 0.973 bits per heavy atom. The molecule has 0 saturated carbocycles. The summed E-state index contributed by atoms with van der Waals surface area (Å²) in [5.41, 5.74) is 3.07. The van der Waals surface area contributed by atoms with E-state index in [1.807, 2.05) is 42.5 Å². The summed E-state index contributed by atoms with van der Waals surface area (Å²) in [5.74, 6) is 2.71. The van der Waals surface area contributed by atoms with Crippen LogP contribution in [-0.2, 0) is 11.2 Å². The topological polar surface area (TPSA) is 87.9 Å². The van der Waals surface area contributed by atoms with E-state index in [2.05, 4.69) is 56.5 Å². The predicted molar refractivity (Wildman–Crippen MR) is 144 cm³/mol. The normalized spacial score (nSPS) is 14.5. The molecule has 1 atom stereocenters. The van der Waals surface area contributed by atoms with Gasteiger partial charge in [0.25, 0.3) is 0 Å². The fraction of sp³-hybridized carbons (Fsp3) is 0.357. The molecule has 1 unspecified atom stereocenters. The molecule has 9 heteroatoms. The van der Waals surface area contributed by atoms with Gasteiger partial charge in [-0.25, -0.2) is 0 Å². The van der Waals surface area contributed by atoms with E-state index >= 15 is 0 Å². The Bertz CT molecular complexity index is 1330. The number of fused-ring (bicyclic) bond motifs is 1. The highest BCUT2D eigenvalue weighted by Crippen LogP contribution is 2.23. The highest BCUT2D eigenvalue weighted by atomic mass is 16.5. The van der Waals surface area contributed by atoms with E-state index in [1.54, 1.807) is 11.6 Å². The molecule has 1 N–H and O–H groups in total. The first-order valence-electron chi connectivity index (χ1n) is 12.8. The van der Waals surface area contributed by atoms with Crippen molar-refractivity contribution in [1.29, 1.82) is 0 Å². The number of carbonyl (C=O) groups excluding carboxylic acids is 1. The van der Waals surface area contributed by atoms with Gasteiger partial charge in [0.05, 0.1) is 7.11 Å². The van der Waals surface area contributed by atoms with Crippen molar-refractivity contribution in [2.24, 2.45) is 0 Å². The van der Waals surface area contributed by atoms with E-state index in [4.69, 9.17) is 9.84 Å². The summed E-state index contributed by atoms with van der Waals surface area (Å²) in [6.07, 6.45) is 0.820. The Balaban J connectivity index is 1.17. The van der Waals surface area contributed by atoms with E-state index in [0.717, 1.165) is 37.7 Å². The molecule has 0 spiro atoms. The average Bonchev–Trinajstić information content (AvgIpc) is 3.37. The van der Waals surface area contributed by atoms with Gasteiger partial charge in [-0.1, -0.05) is 43.3 Å². The number of benzene rings is 2. The fourth-order valence-corrected chi connectivity index (χ4v) is 4.63. The van der Waals surface area contributed by atoms with Crippen LogP contribution in [0.4, 0.5) is 11.5 Å². The monoisotopic (exact) mass is 499 g/mol. The van der Waals surface area contributed by atoms with Gasteiger partial charge in [0, 0.05) is 57.3 Å². The first-order valence-corrected chi connectivity index (χ1v) is 12.8. The molecule has 2 aromatic carbocycles. The minimum Gasteiger partial charge on any atom is -0.497 e. The molecule has 192 valence electrons. The maximum Gasteiger partial charge on any atom is 0.220 e. The molecule has 4 aromatic rings. The summed E-state index contributed by atoms with van der Waals surface area (Å²) in [7, 11) is 1.69. The van der Waals surface area contributed by atoms with Crippen molar-refractivity contribution in [2.75, 3.05) is 49.6 Å². The third kappa shape index (κ3) is 5.82. The summed E-state index contributed by atoms with van der Waals surface area (Å²) >= 11 is 0. The van der Waals surface area contributed by atoms with Gasteiger partial charge in [0.2, 0.25) is 5.91 Å². The van der Waals surface area contributed by atoms with Crippen molar-refractivity contribution in [2.45, 2.75) is 25.7 Å². The zero-order valence-electron chi connectivity index (χ0n) is 21.4. The fourth-order valence-electron chi connectivity index (χ4n) is 4.63. The Kier molecular flexibility index (Phi) is 7.49. The minimum absolute atomic E-state index is 0.00403. The summed E-state index contributed by atoms with van der Waals surface area (Å²) in [5, 5.41) is 16.4. The van der Waals surface area contributed by atoms with Crippen molar-refractivity contribution >= 4 is 23.1 Å². The Labute approximate surface area is 217 Å². The molecule has 9 nitrogen and oxygen atoms in total. The highest BCUT2D eigenvalue weighted by Gasteiger charge is 2.20. The molecule has 0 bridgehead atoms. The van der Waals surface area contributed by atoms with Gasteiger partial charge in [-0.3, -0.25) is 4.79 Å². The quantitative estimate of drug-likeness (QED) is 0.378. The smallest absolute Gasteiger partial charge is 0.220 e. The molecule has 1 aliphatic rings. The molecule has 1 fully saturated rings. The minimum atomic E-state index is 0.00403. The molecule has 0 radical (unpaired) electrons. The van der Waals surface area contributed by atoms with Gasteiger partial charge in [-0.05, 0) is 35.7 Å². The molecule has 5 rings (SSSR count). The molecule has 3 heterocycles. The largest absolute Gasteiger partial charge is 0.497 e. The van der Waals surface area contributed by atoms with Crippen LogP contribution < -0.4 is 19.9 Å². The maximum atomic E-state index is 12.5.